The van der Waals surface area contributed by atoms with Crippen LogP contribution in [-0.4, -0.2) is 61.2 Å². The summed E-state index contributed by atoms with van der Waals surface area (Å²) in [6, 6.07) is 1.32. The monoisotopic (exact) mass is 321 g/mol. The van der Waals surface area contributed by atoms with Gasteiger partial charge in [-0.2, -0.15) is 0 Å². The molecule has 1 heterocycles. The highest BCUT2D eigenvalue weighted by atomic mass is 35.5. The SMILES string of the molecule is CC(C)N(CCN1CCNCC1)C(C)C.Cl.Cl.Cl. The Bertz CT molecular complexity index is 166. The molecule has 1 saturated heterocycles. The van der Waals surface area contributed by atoms with E-state index in [1.807, 2.05) is 0 Å². The summed E-state index contributed by atoms with van der Waals surface area (Å²) in [5.41, 5.74) is 0. The molecule has 114 valence electrons. The molecule has 1 aliphatic heterocycles. The Kier molecular flexibility index (Phi) is 16.9. The van der Waals surface area contributed by atoms with Crippen LogP contribution < -0.4 is 5.32 Å². The van der Waals surface area contributed by atoms with Crippen molar-refractivity contribution in [3.05, 3.63) is 0 Å². The molecular weight excluding hydrogens is 293 g/mol. The molecule has 0 bridgehead atoms. The molecule has 1 fully saturated rings. The van der Waals surface area contributed by atoms with Gasteiger partial charge in [0.05, 0.1) is 0 Å². The van der Waals surface area contributed by atoms with E-state index in [4.69, 9.17) is 0 Å². The van der Waals surface area contributed by atoms with Crippen LogP contribution in [0.15, 0.2) is 0 Å². The van der Waals surface area contributed by atoms with Gasteiger partial charge in [0, 0.05) is 51.4 Å². The molecule has 0 aliphatic carbocycles. The van der Waals surface area contributed by atoms with Gasteiger partial charge in [0.1, 0.15) is 0 Å². The number of rotatable bonds is 5. The molecule has 1 rings (SSSR count). The Morgan fingerprint density at radius 3 is 1.78 bits per heavy atom. The van der Waals surface area contributed by atoms with E-state index in [1.54, 1.807) is 0 Å². The third-order valence-corrected chi connectivity index (χ3v) is 3.21. The maximum atomic E-state index is 3.39. The van der Waals surface area contributed by atoms with Crippen LogP contribution >= 0.6 is 37.2 Å². The number of halogens is 3. The zero-order chi connectivity index (χ0) is 11.3. The van der Waals surface area contributed by atoms with Crippen LogP contribution in [-0.2, 0) is 0 Å². The van der Waals surface area contributed by atoms with E-state index < -0.39 is 0 Å². The lowest BCUT2D eigenvalue weighted by atomic mass is 10.2. The molecular formula is C12H30Cl3N3. The predicted octanol–water partition coefficient (Wildman–Crippen LogP) is 2.28. The van der Waals surface area contributed by atoms with Crippen LogP contribution in [0, 0.1) is 0 Å². The number of hydrogen-bond donors (Lipinski definition) is 1. The Balaban J connectivity index is -0.000000750. The van der Waals surface area contributed by atoms with Crippen LogP contribution in [0.25, 0.3) is 0 Å². The van der Waals surface area contributed by atoms with E-state index in [1.165, 1.54) is 26.2 Å². The summed E-state index contributed by atoms with van der Waals surface area (Å²) in [6.45, 7) is 16.3. The highest BCUT2D eigenvalue weighted by Gasteiger charge is 2.15. The van der Waals surface area contributed by atoms with Gasteiger partial charge in [0.15, 0.2) is 0 Å². The Morgan fingerprint density at radius 2 is 1.39 bits per heavy atom. The van der Waals surface area contributed by atoms with Crippen molar-refractivity contribution in [2.75, 3.05) is 39.3 Å². The Labute approximate surface area is 131 Å². The van der Waals surface area contributed by atoms with Gasteiger partial charge in [0.25, 0.3) is 0 Å². The maximum Gasteiger partial charge on any atom is 0.0115 e. The third kappa shape index (κ3) is 8.78. The molecule has 3 nitrogen and oxygen atoms in total. The lowest BCUT2D eigenvalue weighted by Crippen LogP contribution is -2.48. The van der Waals surface area contributed by atoms with Crippen LogP contribution in [0.2, 0.25) is 0 Å². The van der Waals surface area contributed by atoms with Gasteiger partial charge < -0.3 is 5.32 Å². The van der Waals surface area contributed by atoms with E-state index in [-0.39, 0.29) is 37.2 Å². The third-order valence-electron chi connectivity index (χ3n) is 3.21. The van der Waals surface area contributed by atoms with Crippen molar-refractivity contribution >= 4 is 37.2 Å². The van der Waals surface area contributed by atoms with Gasteiger partial charge in [-0.3, -0.25) is 9.80 Å². The first-order chi connectivity index (χ1) is 7.11. The van der Waals surface area contributed by atoms with Gasteiger partial charge in [0.2, 0.25) is 0 Å². The largest absolute Gasteiger partial charge is 0.314 e. The van der Waals surface area contributed by atoms with Gasteiger partial charge in [-0.05, 0) is 27.7 Å². The quantitative estimate of drug-likeness (QED) is 0.838. The summed E-state index contributed by atoms with van der Waals surface area (Å²) < 4.78 is 0. The first kappa shape index (κ1) is 23.8. The molecule has 0 spiro atoms. The fraction of sp³-hybridized carbons (Fsp3) is 1.00. The van der Waals surface area contributed by atoms with Crippen LogP contribution in [0.1, 0.15) is 27.7 Å². The minimum Gasteiger partial charge on any atom is -0.314 e. The molecule has 0 aromatic carbocycles. The summed E-state index contributed by atoms with van der Waals surface area (Å²) in [5, 5.41) is 3.39. The molecule has 18 heavy (non-hydrogen) atoms. The smallest absolute Gasteiger partial charge is 0.0115 e. The van der Waals surface area contributed by atoms with Crippen LogP contribution in [0.4, 0.5) is 0 Å². The van der Waals surface area contributed by atoms with Gasteiger partial charge in [-0.15, -0.1) is 37.2 Å². The van der Waals surface area contributed by atoms with Gasteiger partial charge in [-0.1, -0.05) is 0 Å². The highest BCUT2D eigenvalue weighted by molar-refractivity contribution is 5.86. The second-order valence-electron chi connectivity index (χ2n) is 5.02. The molecule has 0 aromatic rings. The standard InChI is InChI=1S/C12H27N3.3ClH/c1-11(2)15(12(3)4)10-9-14-7-5-13-6-8-14;;;/h11-13H,5-10H2,1-4H3;3*1H. The number of hydrogen-bond acceptors (Lipinski definition) is 3. The summed E-state index contributed by atoms with van der Waals surface area (Å²) >= 11 is 0. The molecule has 0 unspecified atom stereocenters. The molecule has 6 heteroatoms. The first-order valence-electron chi connectivity index (χ1n) is 6.30. The lowest BCUT2D eigenvalue weighted by Gasteiger charge is -2.34. The molecule has 0 amide bonds. The van der Waals surface area contributed by atoms with Crippen molar-refractivity contribution in [3.63, 3.8) is 0 Å². The van der Waals surface area contributed by atoms with Crippen molar-refractivity contribution < 1.29 is 0 Å². The Morgan fingerprint density at radius 1 is 0.944 bits per heavy atom. The average Bonchev–Trinajstić information content (AvgIpc) is 2.18. The van der Waals surface area contributed by atoms with Crippen molar-refractivity contribution in [3.8, 4) is 0 Å². The van der Waals surface area contributed by atoms with E-state index in [0.29, 0.717) is 12.1 Å². The zero-order valence-corrected chi connectivity index (χ0v) is 14.5. The molecule has 1 N–H and O–H groups in total. The number of piperazine rings is 1. The Hall–Kier alpha value is 0.750. The maximum absolute atomic E-state index is 3.39. The fourth-order valence-electron chi connectivity index (χ4n) is 2.30. The van der Waals surface area contributed by atoms with E-state index in [9.17, 15) is 0 Å². The second-order valence-corrected chi connectivity index (χ2v) is 5.02. The van der Waals surface area contributed by atoms with Crippen molar-refractivity contribution in [1.29, 1.82) is 0 Å². The van der Waals surface area contributed by atoms with Crippen molar-refractivity contribution in [2.24, 2.45) is 0 Å². The lowest BCUT2D eigenvalue weighted by molar-refractivity contribution is 0.137. The van der Waals surface area contributed by atoms with Gasteiger partial charge >= 0.3 is 0 Å². The van der Waals surface area contributed by atoms with Crippen molar-refractivity contribution in [2.45, 2.75) is 39.8 Å². The van der Waals surface area contributed by atoms with E-state index >= 15 is 0 Å². The minimum atomic E-state index is 0. The van der Waals surface area contributed by atoms with Crippen LogP contribution in [0.3, 0.4) is 0 Å². The normalized spacial score (nSPS) is 16.2. The van der Waals surface area contributed by atoms with E-state index in [2.05, 4.69) is 42.8 Å². The summed E-state index contributed by atoms with van der Waals surface area (Å²) in [4.78, 5) is 5.14. The fourth-order valence-corrected chi connectivity index (χ4v) is 2.30. The second kappa shape index (κ2) is 12.8. The van der Waals surface area contributed by atoms with E-state index in [0.717, 1.165) is 13.1 Å². The summed E-state index contributed by atoms with van der Waals surface area (Å²) in [6.07, 6.45) is 0. The molecule has 1 aliphatic rings. The number of nitrogens with one attached hydrogen (secondary N) is 1. The summed E-state index contributed by atoms with van der Waals surface area (Å²) in [5.74, 6) is 0. The predicted molar refractivity (Wildman–Crippen MR) is 88.0 cm³/mol. The average molecular weight is 323 g/mol. The molecule has 0 radical (unpaired) electrons. The highest BCUT2D eigenvalue weighted by Crippen LogP contribution is 2.05. The number of nitrogens with zero attached hydrogens (tertiary/aromatic N) is 2. The molecule has 0 saturated carbocycles. The zero-order valence-electron chi connectivity index (χ0n) is 12.0. The van der Waals surface area contributed by atoms with Crippen molar-refractivity contribution in [1.82, 2.24) is 15.1 Å². The molecule has 0 atom stereocenters. The molecule has 0 aromatic heterocycles. The van der Waals surface area contributed by atoms with Gasteiger partial charge in [-0.25, -0.2) is 0 Å². The minimum absolute atomic E-state index is 0. The summed E-state index contributed by atoms with van der Waals surface area (Å²) in [7, 11) is 0. The first-order valence-corrected chi connectivity index (χ1v) is 6.30. The van der Waals surface area contributed by atoms with Crippen LogP contribution in [0.5, 0.6) is 0 Å². The topological polar surface area (TPSA) is 18.5 Å².